The molecule has 2 aliphatic rings. The summed E-state index contributed by atoms with van der Waals surface area (Å²) in [5, 5.41) is 7.77. The number of H-pyrrole nitrogens is 1. The van der Waals surface area contributed by atoms with Crippen LogP contribution in [0.15, 0.2) is 47.4 Å². The number of rotatable bonds is 8. The molecule has 1 unspecified atom stereocenters. The number of para-hydroxylation sites is 1. The number of fused-ring (bicyclic) bond motifs is 2. The largest absolute Gasteiger partial charge is 0.468 e. The van der Waals surface area contributed by atoms with E-state index in [2.05, 4.69) is 82.6 Å². The molecule has 1 saturated heterocycles. The topological polar surface area (TPSA) is 98.4 Å². The first-order valence-corrected chi connectivity index (χ1v) is 16.0. The summed E-state index contributed by atoms with van der Waals surface area (Å²) in [6.07, 6.45) is 1.78. The molecule has 10 heteroatoms. The molecule has 0 saturated carbocycles. The number of likely N-dealkylation sites (N-methyl/N-ethyl adjacent to an activating group) is 1. The summed E-state index contributed by atoms with van der Waals surface area (Å²) in [7, 11) is 1.69. The van der Waals surface area contributed by atoms with Crippen molar-refractivity contribution in [3.63, 3.8) is 0 Å². The van der Waals surface area contributed by atoms with E-state index in [-0.39, 0.29) is 12.1 Å². The molecule has 0 radical (unpaired) electrons. The summed E-state index contributed by atoms with van der Waals surface area (Å²) in [4.78, 5) is 30.9. The van der Waals surface area contributed by atoms with Crippen LogP contribution in [-0.2, 0) is 4.79 Å². The highest BCUT2D eigenvalue weighted by atomic mass is 32.2. The Hall–Kier alpha value is -3.76. The molecule has 0 aliphatic carbocycles. The number of thioether (sulfide) groups is 1. The fourth-order valence-corrected chi connectivity index (χ4v) is 7.10. The highest BCUT2D eigenvalue weighted by Crippen LogP contribution is 2.46. The number of anilines is 4. The Balaban J connectivity index is 1.31. The molecule has 2 aromatic carbocycles. The van der Waals surface area contributed by atoms with Crippen LogP contribution >= 0.6 is 11.8 Å². The van der Waals surface area contributed by atoms with Gasteiger partial charge in [0.05, 0.1) is 23.3 Å². The number of ether oxygens (including phenoxy) is 1. The molecular weight excluding hydrogens is 558 g/mol. The van der Waals surface area contributed by atoms with Gasteiger partial charge >= 0.3 is 0 Å². The maximum Gasteiger partial charge on any atom is 0.237 e. The standard InChI is InChI=1S/C33H41N7O2S/c1-19(2)43-29-10-8-7-9-26(29)36-32-25-16-21(4)35-31(25)37-33(38-32)40-22(5)42-28-17-24(20(3)15-27(28)40)23-11-13-39(14-12-23)18-30(41)34-6/h7-10,15-17,19,22-23H,11-14,18H2,1-6H3,(H,34,41)(H2,35,36,37,38). The maximum atomic E-state index is 11.8. The van der Waals surface area contributed by atoms with Gasteiger partial charge < -0.3 is 20.4 Å². The molecule has 43 heavy (non-hydrogen) atoms. The lowest BCUT2D eigenvalue weighted by Gasteiger charge is -2.32. The Labute approximate surface area is 257 Å². The number of aromatic nitrogens is 3. The zero-order valence-corrected chi connectivity index (χ0v) is 26.6. The number of aromatic amines is 1. The van der Waals surface area contributed by atoms with Crippen molar-refractivity contribution in [1.29, 1.82) is 0 Å². The van der Waals surface area contributed by atoms with Crippen molar-refractivity contribution < 1.29 is 9.53 Å². The minimum atomic E-state index is -0.260. The molecule has 1 fully saturated rings. The Morgan fingerprint density at radius 2 is 1.91 bits per heavy atom. The molecule has 9 nitrogen and oxygen atoms in total. The van der Waals surface area contributed by atoms with Gasteiger partial charge in [0.2, 0.25) is 11.9 Å². The van der Waals surface area contributed by atoms with Crippen LogP contribution in [0.3, 0.4) is 0 Å². The number of nitrogens with one attached hydrogen (secondary N) is 3. The summed E-state index contributed by atoms with van der Waals surface area (Å²) >= 11 is 1.83. The number of benzene rings is 2. The Morgan fingerprint density at radius 3 is 2.65 bits per heavy atom. The van der Waals surface area contributed by atoms with E-state index in [1.54, 1.807) is 7.05 Å². The van der Waals surface area contributed by atoms with E-state index in [4.69, 9.17) is 14.7 Å². The van der Waals surface area contributed by atoms with E-state index in [1.165, 1.54) is 16.0 Å². The van der Waals surface area contributed by atoms with Crippen LogP contribution in [0.5, 0.6) is 5.75 Å². The molecule has 2 aromatic heterocycles. The minimum absolute atomic E-state index is 0.0709. The number of carbonyl (C=O) groups excluding carboxylic acids is 1. The van der Waals surface area contributed by atoms with Gasteiger partial charge in [-0.05, 0) is 94.1 Å². The van der Waals surface area contributed by atoms with E-state index < -0.39 is 0 Å². The zero-order valence-electron chi connectivity index (χ0n) is 25.8. The fraction of sp³-hybridized carbons (Fsp3) is 0.424. The van der Waals surface area contributed by atoms with Crippen LogP contribution in [0.25, 0.3) is 11.0 Å². The summed E-state index contributed by atoms with van der Waals surface area (Å²) in [6, 6.07) is 14.9. The third kappa shape index (κ3) is 6.03. The van der Waals surface area contributed by atoms with E-state index in [1.807, 2.05) is 31.7 Å². The lowest BCUT2D eigenvalue weighted by molar-refractivity contribution is -0.122. The van der Waals surface area contributed by atoms with E-state index in [9.17, 15) is 4.79 Å². The van der Waals surface area contributed by atoms with Crippen LogP contribution < -0.4 is 20.3 Å². The lowest BCUT2D eigenvalue weighted by atomic mass is 9.86. The number of carbonyl (C=O) groups is 1. The van der Waals surface area contributed by atoms with Crippen LogP contribution in [0.2, 0.25) is 0 Å². The van der Waals surface area contributed by atoms with Crippen LogP contribution in [0.4, 0.5) is 23.1 Å². The predicted molar refractivity (Wildman–Crippen MR) is 175 cm³/mol. The van der Waals surface area contributed by atoms with Crippen LogP contribution in [0, 0.1) is 13.8 Å². The lowest BCUT2D eigenvalue weighted by Crippen LogP contribution is -2.40. The van der Waals surface area contributed by atoms with E-state index >= 15 is 0 Å². The monoisotopic (exact) mass is 599 g/mol. The van der Waals surface area contributed by atoms with Crippen molar-refractivity contribution in [2.24, 2.45) is 0 Å². The highest BCUT2D eigenvalue weighted by Gasteiger charge is 2.34. The molecule has 0 bridgehead atoms. The number of likely N-dealkylation sites (tertiary alicyclic amines) is 1. The first-order valence-electron chi connectivity index (χ1n) is 15.1. The van der Waals surface area contributed by atoms with Crippen LogP contribution in [-0.4, -0.2) is 63.9 Å². The number of amides is 1. The molecule has 4 heterocycles. The van der Waals surface area contributed by atoms with Crippen molar-refractivity contribution in [2.75, 3.05) is 36.9 Å². The second-order valence-electron chi connectivity index (χ2n) is 11.9. The number of hydrogen-bond acceptors (Lipinski definition) is 8. The SMILES string of the molecule is CNC(=O)CN1CCC(c2cc3c(cc2C)N(c2nc(Nc4ccccc4SC(C)C)c4cc(C)[nH]c4n2)C(C)O3)CC1. The van der Waals surface area contributed by atoms with Gasteiger partial charge in [0, 0.05) is 22.9 Å². The number of piperidine rings is 1. The van der Waals surface area contributed by atoms with E-state index in [0.717, 1.165) is 65.6 Å². The van der Waals surface area contributed by atoms with Gasteiger partial charge in [0.1, 0.15) is 17.2 Å². The van der Waals surface area contributed by atoms with Gasteiger partial charge in [-0.25, -0.2) is 0 Å². The number of hydrogen-bond donors (Lipinski definition) is 3. The first-order chi connectivity index (χ1) is 20.7. The quantitative estimate of drug-likeness (QED) is 0.194. The number of nitrogens with zero attached hydrogens (tertiary/aromatic N) is 4. The molecule has 0 spiro atoms. The summed E-state index contributed by atoms with van der Waals surface area (Å²) in [5.74, 6) is 2.72. The molecular formula is C33H41N7O2S. The summed E-state index contributed by atoms with van der Waals surface area (Å²) in [6.45, 7) is 13.0. The van der Waals surface area contributed by atoms with Gasteiger partial charge in [-0.15, -0.1) is 11.8 Å². The Bertz CT molecular complexity index is 1640. The predicted octanol–water partition coefficient (Wildman–Crippen LogP) is 6.62. The third-order valence-electron chi connectivity index (χ3n) is 8.27. The van der Waals surface area contributed by atoms with Crippen molar-refractivity contribution in [3.8, 4) is 5.75 Å². The normalized spacial score (nSPS) is 17.4. The summed E-state index contributed by atoms with van der Waals surface area (Å²) in [5.41, 5.74) is 6.39. The highest BCUT2D eigenvalue weighted by molar-refractivity contribution is 8.00. The minimum Gasteiger partial charge on any atom is -0.468 e. The summed E-state index contributed by atoms with van der Waals surface area (Å²) < 4.78 is 6.44. The third-order valence-corrected chi connectivity index (χ3v) is 9.35. The second-order valence-corrected chi connectivity index (χ2v) is 13.5. The van der Waals surface area contributed by atoms with Gasteiger partial charge in [0.15, 0.2) is 6.23 Å². The average molecular weight is 600 g/mol. The van der Waals surface area contributed by atoms with E-state index in [0.29, 0.717) is 23.7 Å². The smallest absolute Gasteiger partial charge is 0.237 e. The molecule has 2 aliphatic heterocycles. The molecule has 6 rings (SSSR count). The Morgan fingerprint density at radius 1 is 1.14 bits per heavy atom. The van der Waals surface area contributed by atoms with Gasteiger partial charge in [-0.3, -0.25) is 14.6 Å². The molecule has 226 valence electrons. The molecule has 3 N–H and O–H groups in total. The van der Waals surface area contributed by atoms with Crippen molar-refractivity contribution >= 4 is 51.8 Å². The van der Waals surface area contributed by atoms with Gasteiger partial charge in [-0.2, -0.15) is 9.97 Å². The van der Waals surface area contributed by atoms with Crippen molar-refractivity contribution in [3.05, 3.63) is 59.3 Å². The van der Waals surface area contributed by atoms with Gasteiger partial charge in [0.25, 0.3) is 0 Å². The molecule has 1 amide bonds. The van der Waals surface area contributed by atoms with Crippen LogP contribution in [0.1, 0.15) is 56.4 Å². The fourth-order valence-electron chi connectivity index (χ4n) is 6.18. The number of aryl methyl sites for hydroxylation is 2. The van der Waals surface area contributed by atoms with Crippen molar-refractivity contribution in [1.82, 2.24) is 25.2 Å². The average Bonchev–Trinajstić information content (AvgIpc) is 3.51. The molecule has 4 aromatic rings. The van der Waals surface area contributed by atoms with Gasteiger partial charge in [-0.1, -0.05) is 26.0 Å². The van der Waals surface area contributed by atoms with Crippen molar-refractivity contribution in [2.45, 2.75) is 69.8 Å². The first kappa shape index (κ1) is 29.3. The molecule has 1 atom stereocenters. The zero-order chi connectivity index (χ0) is 30.2. The maximum absolute atomic E-state index is 11.8. The Kier molecular flexibility index (Phi) is 8.24. The second kappa shape index (κ2) is 12.1.